The Balaban J connectivity index is 2.50. The molecule has 2 aromatic carbocycles. The maximum Gasteiger partial charge on any atom is 0.264 e. The van der Waals surface area contributed by atoms with E-state index >= 15 is 0 Å². The quantitative estimate of drug-likeness (QED) is 0.824. The van der Waals surface area contributed by atoms with Crippen LogP contribution >= 0.6 is 34.8 Å². The molecule has 4 nitrogen and oxygen atoms in total. The van der Waals surface area contributed by atoms with Crippen LogP contribution in [0.4, 0.5) is 5.69 Å². The lowest BCUT2D eigenvalue weighted by molar-refractivity contribution is 0.112. The summed E-state index contributed by atoms with van der Waals surface area (Å²) in [6.45, 7) is 0. The van der Waals surface area contributed by atoms with Crippen molar-refractivity contribution < 1.29 is 13.2 Å². The first-order valence-corrected chi connectivity index (χ1v) is 8.19. The summed E-state index contributed by atoms with van der Waals surface area (Å²) < 4.78 is 27.0. The van der Waals surface area contributed by atoms with Crippen LogP contribution in [0, 0.1) is 0 Å². The maximum atomic E-state index is 12.4. The molecule has 8 heteroatoms. The van der Waals surface area contributed by atoms with Gasteiger partial charge in [0.1, 0.15) is 4.90 Å². The molecule has 0 saturated heterocycles. The lowest BCUT2D eigenvalue weighted by Gasteiger charge is -2.12. The molecule has 0 aliphatic carbocycles. The highest BCUT2D eigenvalue weighted by molar-refractivity contribution is 7.93. The number of carbonyl (C=O) groups excluding carboxylic acids is 1. The van der Waals surface area contributed by atoms with Crippen LogP contribution in [0.25, 0.3) is 0 Å². The van der Waals surface area contributed by atoms with Gasteiger partial charge in [-0.15, -0.1) is 0 Å². The molecular weight excluding hydrogens is 357 g/mol. The predicted octanol–water partition coefficient (Wildman–Crippen LogP) is 4.26. The second kappa shape index (κ2) is 6.23. The van der Waals surface area contributed by atoms with Crippen molar-refractivity contribution in [3.05, 3.63) is 57.0 Å². The first-order valence-electron chi connectivity index (χ1n) is 5.57. The monoisotopic (exact) mass is 363 g/mol. The van der Waals surface area contributed by atoms with E-state index in [0.717, 1.165) is 0 Å². The number of nitrogens with one attached hydrogen (secondary N) is 1. The molecule has 1 N–H and O–H groups in total. The van der Waals surface area contributed by atoms with Gasteiger partial charge in [0.25, 0.3) is 10.0 Å². The molecule has 2 aromatic rings. The molecular formula is C13H8Cl3NO3S. The number of halogens is 3. The SMILES string of the molecule is O=Cc1cccc(NS(=O)(=O)c2c(Cl)cccc2Cl)c1Cl. The molecule has 0 heterocycles. The Morgan fingerprint density at radius 2 is 1.52 bits per heavy atom. The second-order valence-electron chi connectivity index (χ2n) is 3.98. The summed E-state index contributed by atoms with van der Waals surface area (Å²) in [6.07, 6.45) is 0.530. The topological polar surface area (TPSA) is 63.2 Å². The highest BCUT2D eigenvalue weighted by Gasteiger charge is 2.22. The van der Waals surface area contributed by atoms with Gasteiger partial charge in [-0.2, -0.15) is 0 Å². The van der Waals surface area contributed by atoms with Gasteiger partial charge in [-0.1, -0.05) is 53.0 Å². The Labute approximate surface area is 136 Å². The molecule has 0 radical (unpaired) electrons. The number of sulfonamides is 1. The second-order valence-corrected chi connectivity index (χ2v) is 6.79. The van der Waals surface area contributed by atoms with Crippen molar-refractivity contribution in [1.82, 2.24) is 0 Å². The van der Waals surface area contributed by atoms with Crippen LogP contribution in [-0.2, 0) is 10.0 Å². The molecule has 0 spiro atoms. The van der Waals surface area contributed by atoms with Gasteiger partial charge in [0.2, 0.25) is 0 Å². The lowest BCUT2D eigenvalue weighted by Crippen LogP contribution is -2.14. The van der Waals surface area contributed by atoms with Crippen LogP contribution in [-0.4, -0.2) is 14.7 Å². The molecule has 0 saturated carbocycles. The number of rotatable bonds is 4. The zero-order chi connectivity index (χ0) is 15.6. The fraction of sp³-hybridized carbons (Fsp3) is 0. The molecule has 0 amide bonds. The highest BCUT2D eigenvalue weighted by atomic mass is 35.5. The van der Waals surface area contributed by atoms with E-state index < -0.39 is 10.0 Å². The van der Waals surface area contributed by atoms with E-state index in [-0.39, 0.29) is 31.2 Å². The smallest absolute Gasteiger partial charge is 0.264 e. The standard InChI is InChI=1S/C13H8Cl3NO3S/c14-9-4-2-5-10(15)13(9)21(19,20)17-11-6-1-3-8(7-18)12(11)16/h1-7,17H. The van der Waals surface area contributed by atoms with Crippen molar-refractivity contribution in [2.75, 3.05) is 4.72 Å². The summed E-state index contributed by atoms with van der Waals surface area (Å²) in [5.74, 6) is 0. The fourth-order valence-corrected chi connectivity index (χ4v) is 4.15. The van der Waals surface area contributed by atoms with Crippen molar-refractivity contribution in [2.24, 2.45) is 0 Å². The van der Waals surface area contributed by atoms with Crippen molar-refractivity contribution in [1.29, 1.82) is 0 Å². The van der Waals surface area contributed by atoms with Crippen molar-refractivity contribution in [3.63, 3.8) is 0 Å². The van der Waals surface area contributed by atoms with Gasteiger partial charge in [0.05, 0.1) is 20.8 Å². The van der Waals surface area contributed by atoms with E-state index in [9.17, 15) is 13.2 Å². The normalized spacial score (nSPS) is 11.2. The van der Waals surface area contributed by atoms with E-state index in [1.807, 2.05) is 0 Å². The minimum atomic E-state index is -4.04. The van der Waals surface area contributed by atoms with Gasteiger partial charge in [-0.3, -0.25) is 9.52 Å². The number of aldehydes is 1. The zero-order valence-electron chi connectivity index (χ0n) is 10.3. The third-order valence-electron chi connectivity index (χ3n) is 2.59. The number of hydrogen-bond donors (Lipinski definition) is 1. The molecule has 0 aliphatic rings. The van der Waals surface area contributed by atoms with Gasteiger partial charge in [-0.25, -0.2) is 8.42 Å². The molecule has 0 bridgehead atoms. The Bertz CT molecular complexity index is 786. The van der Waals surface area contributed by atoms with Crippen LogP contribution in [0.3, 0.4) is 0 Å². The van der Waals surface area contributed by atoms with Crippen molar-refractivity contribution in [2.45, 2.75) is 4.90 Å². The summed E-state index contributed by atoms with van der Waals surface area (Å²) in [5, 5.41) is -0.0328. The summed E-state index contributed by atoms with van der Waals surface area (Å²) in [5.41, 5.74) is 0.236. The van der Waals surface area contributed by atoms with Gasteiger partial charge < -0.3 is 0 Å². The third-order valence-corrected chi connectivity index (χ3v) is 5.33. The molecule has 0 aromatic heterocycles. The zero-order valence-corrected chi connectivity index (χ0v) is 13.4. The average Bonchev–Trinajstić information content (AvgIpc) is 2.40. The summed E-state index contributed by atoms with van der Waals surface area (Å²) >= 11 is 17.7. The Morgan fingerprint density at radius 1 is 0.952 bits per heavy atom. The number of hydrogen-bond acceptors (Lipinski definition) is 3. The first kappa shape index (κ1) is 16.1. The highest BCUT2D eigenvalue weighted by Crippen LogP contribution is 2.32. The predicted molar refractivity (Wildman–Crippen MR) is 84.1 cm³/mol. The summed E-state index contributed by atoms with van der Waals surface area (Å²) in [6, 6.07) is 8.75. The van der Waals surface area contributed by atoms with Crippen LogP contribution in [0.1, 0.15) is 10.4 Å². The van der Waals surface area contributed by atoms with Gasteiger partial charge in [0.15, 0.2) is 6.29 Å². The van der Waals surface area contributed by atoms with E-state index in [2.05, 4.69) is 4.72 Å². The van der Waals surface area contributed by atoms with E-state index in [1.165, 1.54) is 36.4 Å². The summed E-state index contributed by atoms with van der Waals surface area (Å²) in [4.78, 5) is 10.6. The van der Waals surface area contributed by atoms with Crippen LogP contribution < -0.4 is 4.72 Å². The van der Waals surface area contributed by atoms with E-state index in [1.54, 1.807) is 0 Å². The van der Waals surface area contributed by atoms with E-state index in [0.29, 0.717) is 6.29 Å². The molecule has 0 atom stereocenters. The molecule has 110 valence electrons. The Kier molecular flexibility index (Phi) is 4.78. The van der Waals surface area contributed by atoms with Crippen LogP contribution in [0.15, 0.2) is 41.3 Å². The number of carbonyl (C=O) groups is 1. The molecule has 0 aliphatic heterocycles. The van der Waals surface area contributed by atoms with Crippen molar-refractivity contribution in [3.8, 4) is 0 Å². The van der Waals surface area contributed by atoms with Gasteiger partial charge in [-0.05, 0) is 18.2 Å². The van der Waals surface area contributed by atoms with E-state index in [4.69, 9.17) is 34.8 Å². The fourth-order valence-electron chi connectivity index (χ4n) is 1.65. The largest absolute Gasteiger partial charge is 0.298 e. The van der Waals surface area contributed by atoms with Crippen LogP contribution in [0.5, 0.6) is 0 Å². The minimum Gasteiger partial charge on any atom is -0.298 e. The number of anilines is 1. The Hall–Kier alpha value is -1.27. The summed E-state index contributed by atoms with van der Waals surface area (Å²) in [7, 11) is -4.04. The number of benzene rings is 2. The van der Waals surface area contributed by atoms with Crippen molar-refractivity contribution >= 4 is 56.8 Å². The van der Waals surface area contributed by atoms with Gasteiger partial charge >= 0.3 is 0 Å². The maximum absolute atomic E-state index is 12.4. The van der Waals surface area contributed by atoms with Gasteiger partial charge in [0, 0.05) is 5.56 Å². The average molecular weight is 365 g/mol. The molecule has 21 heavy (non-hydrogen) atoms. The lowest BCUT2D eigenvalue weighted by atomic mass is 10.2. The molecule has 0 unspecified atom stereocenters. The third kappa shape index (κ3) is 3.32. The minimum absolute atomic E-state index is 0.000693. The Morgan fingerprint density at radius 3 is 2.10 bits per heavy atom. The molecule has 2 rings (SSSR count). The molecule has 0 fully saturated rings. The first-order chi connectivity index (χ1) is 9.86. The van der Waals surface area contributed by atoms with Crippen LogP contribution in [0.2, 0.25) is 15.1 Å².